The lowest BCUT2D eigenvalue weighted by molar-refractivity contribution is 0.0639. The molecule has 0 radical (unpaired) electrons. The van der Waals surface area contributed by atoms with E-state index in [0.29, 0.717) is 38.0 Å². The third-order valence-corrected chi connectivity index (χ3v) is 6.82. The molecule has 1 aliphatic heterocycles. The summed E-state index contributed by atoms with van der Waals surface area (Å²) in [5, 5.41) is 0.752. The van der Waals surface area contributed by atoms with Gasteiger partial charge in [-0.15, -0.1) is 0 Å². The van der Waals surface area contributed by atoms with Crippen molar-refractivity contribution in [3.05, 3.63) is 122 Å². The van der Waals surface area contributed by atoms with E-state index < -0.39 is 0 Å². The summed E-state index contributed by atoms with van der Waals surface area (Å²) in [6.07, 6.45) is 0. The summed E-state index contributed by atoms with van der Waals surface area (Å²) < 4.78 is 1.90. The van der Waals surface area contributed by atoms with Crippen LogP contribution in [0.25, 0.3) is 5.69 Å². The fourth-order valence-corrected chi connectivity index (χ4v) is 4.98. The molecule has 0 saturated carbocycles. The van der Waals surface area contributed by atoms with Gasteiger partial charge in [0.1, 0.15) is 0 Å². The van der Waals surface area contributed by atoms with Crippen molar-refractivity contribution < 1.29 is 14.4 Å². The van der Waals surface area contributed by atoms with E-state index in [1.807, 2.05) is 24.5 Å². The minimum Gasteiger partial charge on any atom is -0.315 e. The molecule has 3 aromatic carbocycles. The number of carbonyl (C=O) groups is 3. The molecule has 0 N–H and O–H groups in total. The summed E-state index contributed by atoms with van der Waals surface area (Å²) in [6, 6.07) is 20.7. The van der Waals surface area contributed by atoms with E-state index in [9.17, 15) is 14.4 Å². The largest absolute Gasteiger partial charge is 0.315 e. The van der Waals surface area contributed by atoms with E-state index in [2.05, 4.69) is 0 Å². The molecule has 0 aliphatic carbocycles. The Morgan fingerprint density at radius 2 is 1.43 bits per heavy atom. The molecule has 0 spiro atoms. The number of fused-ring (bicyclic) bond motifs is 1. The lowest BCUT2D eigenvalue weighted by Gasteiger charge is -2.20. The molecule has 5 nitrogen and oxygen atoms in total. The van der Waals surface area contributed by atoms with Gasteiger partial charge < -0.3 is 4.57 Å². The molecule has 7 heteroatoms. The standard InChI is InChI=1S/C28H20Cl2N2O3/c1-16-13-17(2)32(25(16)15-31-27(34)19-7-3-4-8-20(19)28(31)35)24-12-11-18(29)14-22(24)26(33)21-9-5-6-10-23(21)30/h3-14H,15H2,1-2H3. The third-order valence-electron chi connectivity index (χ3n) is 6.25. The van der Waals surface area contributed by atoms with Gasteiger partial charge in [-0.25, -0.2) is 0 Å². The van der Waals surface area contributed by atoms with Crippen LogP contribution in [0, 0.1) is 13.8 Å². The fraction of sp³-hybridized carbons (Fsp3) is 0.107. The van der Waals surface area contributed by atoms with Crippen molar-refractivity contribution in [3.63, 3.8) is 0 Å². The lowest BCUT2D eigenvalue weighted by Crippen LogP contribution is -2.30. The molecular weight excluding hydrogens is 483 g/mol. The zero-order valence-corrected chi connectivity index (χ0v) is 20.5. The smallest absolute Gasteiger partial charge is 0.261 e. The Morgan fingerprint density at radius 3 is 2.09 bits per heavy atom. The van der Waals surface area contributed by atoms with Crippen LogP contribution >= 0.6 is 23.2 Å². The van der Waals surface area contributed by atoms with Gasteiger partial charge in [-0.1, -0.05) is 47.5 Å². The summed E-state index contributed by atoms with van der Waals surface area (Å²) in [6.45, 7) is 3.90. The molecule has 1 aliphatic rings. The van der Waals surface area contributed by atoms with Crippen molar-refractivity contribution in [1.29, 1.82) is 0 Å². The van der Waals surface area contributed by atoms with Gasteiger partial charge in [0.15, 0.2) is 5.78 Å². The van der Waals surface area contributed by atoms with Crippen molar-refractivity contribution in [2.24, 2.45) is 0 Å². The molecule has 0 atom stereocenters. The van der Waals surface area contributed by atoms with E-state index in [-0.39, 0.29) is 24.1 Å². The zero-order valence-electron chi connectivity index (χ0n) is 19.0. The van der Waals surface area contributed by atoms with Crippen molar-refractivity contribution in [3.8, 4) is 5.69 Å². The minimum atomic E-state index is -0.334. The Balaban J connectivity index is 1.62. The van der Waals surface area contributed by atoms with Crippen molar-refractivity contribution in [2.75, 3.05) is 0 Å². The highest BCUT2D eigenvalue weighted by atomic mass is 35.5. The maximum absolute atomic E-state index is 13.6. The summed E-state index contributed by atoms with van der Waals surface area (Å²) in [5.74, 6) is -0.941. The lowest BCUT2D eigenvalue weighted by atomic mass is 10.0. The summed E-state index contributed by atoms with van der Waals surface area (Å²) >= 11 is 12.6. The Morgan fingerprint density at radius 1 is 0.800 bits per heavy atom. The molecule has 2 heterocycles. The average molecular weight is 503 g/mol. The molecule has 35 heavy (non-hydrogen) atoms. The van der Waals surface area contributed by atoms with E-state index >= 15 is 0 Å². The highest BCUT2D eigenvalue weighted by molar-refractivity contribution is 6.35. The SMILES string of the molecule is Cc1cc(C)n(-c2ccc(Cl)cc2C(=O)c2ccccc2Cl)c1CN1C(=O)c2ccccc2C1=O. The van der Waals surface area contributed by atoms with E-state index in [0.717, 1.165) is 17.0 Å². The number of halogens is 2. The number of hydrogen-bond donors (Lipinski definition) is 0. The van der Waals surface area contributed by atoms with Crippen LogP contribution in [0.4, 0.5) is 0 Å². The second kappa shape index (κ2) is 8.84. The van der Waals surface area contributed by atoms with Gasteiger partial charge in [0.2, 0.25) is 0 Å². The zero-order chi connectivity index (χ0) is 24.9. The maximum Gasteiger partial charge on any atom is 0.261 e. The first-order valence-corrected chi connectivity index (χ1v) is 11.8. The molecule has 0 unspecified atom stereocenters. The van der Waals surface area contributed by atoms with E-state index in [4.69, 9.17) is 23.2 Å². The van der Waals surface area contributed by atoms with Crippen molar-refractivity contribution in [1.82, 2.24) is 9.47 Å². The number of nitrogens with zero attached hydrogens (tertiary/aromatic N) is 2. The fourth-order valence-electron chi connectivity index (χ4n) is 4.59. The van der Waals surface area contributed by atoms with Crippen molar-refractivity contribution >= 4 is 40.8 Å². The molecule has 0 fully saturated rings. The highest BCUT2D eigenvalue weighted by Crippen LogP contribution is 2.31. The molecule has 174 valence electrons. The predicted octanol–water partition coefficient (Wildman–Crippen LogP) is 6.43. The van der Waals surface area contributed by atoms with Gasteiger partial charge in [-0.3, -0.25) is 19.3 Å². The topological polar surface area (TPSA) is 59.4 Å². The third kappa shape index (κ3) is 3.87. The average Bonchev–Trinajstić information content (AvgIpc) is 3.26. The second-order valence-electron chi connectivity index (χ2n) is 8.46. The number of hydrogen-bond acceptors (Lipinski definition) is 3. The van der Waals surface area contributed by atoms with Crippen LogP contribution in [0.1, 0.15) is 53.6 Å². The first-order valence-electron chi connectivity index (χ1n) is 11.0. The second-order valence-corrected chi connectivity index (χ2v) is 9.31. The first kappa shape index (κ1) is 23.1. The number of aromatic nitrogens is 1. The number of rotatable bonds is 5. The number of aryl methyl sites for hydroxylation is 2. The van der Waals surface area contributed by atoms with E-state index in [1.165, 1.54) is 4.90 Å². The van der Waals surface area contributed by atoms with Crippen LogP contribution in [-0.2, 0) is 6.54 Å². The van der Waals surface area contributed by atoms with Crippen LogP contribution in [0.5, 0.6) is 0 Å². The summed E-state index contributed by atoms with van der Waals surface area (Å²) in [5.41, 5.74) is 4.59. The molecule has 1 aromatic heterocycles. The molecular formula is C28H20Cl2N2O3. The quantitative estimate of drug-likeness (QED) is 0.233. The van der Waals surface area contributed by atoms with Gasteiger partial charge in [-0.2, -0.15) is 0 Å². The predicted molar refractivity (Wildman–Crippen MR) is 136 cm³/mol. The maximum atomic E-state index is 13.6. The van der Waals surface area contributed by atoms with Crippen LogP contribution in [0.3, 0.4) is 0 Å². The number of amides is 2. The number of imide groups is 1. The molecule has 0 saturated heterocycles. The van der Waals surface area contributed by atoms with Gasteiger partial charge in [0.05, 0.1) is 28.4 Å². The molecule has 2 amide bonds. The Hall–Kier alpha value is -3.67. The summed E-state index contributed by atoms with van der Waals surface area (Å²) in [7, 11) is 0. The molecule has 5 rings (SSSR count). The monoisotopic (exact) mass is 502 g/mol. The Labute approximate surface area is 212 Å². The van der Waals surface area contributed by atoms with Gasteiger partial charge in [0.25, 0.3) is 11.8 Å². The van der Waals surface area contributed by atoms with E-state index in [1.54, 1.807) is 66.7 Å². The Bertz CT molecular complexity index is 1500. The number of carbonyl (C=O) groups excluding carboxylic acids is 3. The van der Waals surface area contributed by atoms with Crippen molar-refractivity contribution in [2.45, 2.75) is 20.4 Å². The van der Waals surface area contributed by atoms with Crippen LogP contribution in [0.2, 0.25) is 10.0 Å². The Kier molecular flexibility index (Phi) is 5.83. The normalized spacial score (nSPS) is 12.9. The highest BCUT2D eigenvalue weighted by Gasteiger charge is 2.36. The summed E-state index contributed by atoms with van der Waals surface area (Å²) in [4.78, 5) is 40.9. The first-order chi connectivity index (χ1) is 16.8. The number of ketones is 1. The van der Waals surface area contributed by atoms with Gasteiger partial charge in [-0.05, 0) is 67.9 Å². The number of benzene rings is 3. The van der Waals surface area contributed by atoms with Crippen LogP contribution in [0.15, 0.2) is 72.8 Å². The minimum absolute atomic E-state index is 0.0639. The van der Waals surface area contributed by atoms with Crippen LogP contribution in [-0.4, -0.2) is 27.1 Å². The van der Waals surface area contributed by atoms with Gasteiger partial charge in [0, 0.05) is 27.5 Å². The molecule has 4 aromatic rings. The van der Waals surface area contributed by atoms with Gasteiger partial charge >= 0.3 is 0 Å². The van der Waals surface area contributed by atoms with Crippen LogP contribution < -0.4 is 0 Å². The molecule has 0 bridgehead atoms.